The minimum absolute atomic E-state index is 0.313. The third kappa shape index (κ3) is 1.73. The van der Waals surface area contributed by atoms with Crippen molar-refractivity contribution in [2.75, 3.05) is 7.11 Å². The standard InChI is InChI=1S/C12H12N2O2/c1-16-14-8-9(6-10(15)7-13)11-4-2-3-5-12(11)14/h2-5,8,10,15H,6H2,1H3. The normalized spacial score (nSPS) is 12.3. The third-order valence-corrected chi connectivity index (χ3v) is 2.52. The number of para-hydroxylation sites is 1. The number of hydrogen-bond donors (Lipinski definition) is 1. The molecule has 0 radical (unpaired) electrons. The largest absolute Gasteiger partial charge is 0.417 e. The summed E-state index contributed by atoms with van der Waals surface area (Å²) in [5.41, 5.74) is 1.84. The maximum atomic E-state index is 9.34. The molecule has 16 heavy (non-hydrogen) atoms. The monoisotopic (exact) mass is 216 g/mol. The number of fused-ring (bicyclic) bond motifs is 1. The number of nitrogens with zero attached hydrogens (tertiary/aromatic N) is 2. The molecule has 1 N–H and O–H groups in total. The number of aliphatic hydroxyl groups excluding tert-OH is 1. The maximum Gasteiger partial charge on any atom is 0.144 e. The molecule has 0 fully saturated rings. The highest BCUT2D eigenvalue weighted by Gasteiger charge is 2.11. The molecule has 82 valence electrons. The molecule has 0 bridgehead atoms. The van der Waals surface area contributed by atoms with Gasteiger partial charge >= 0.3 is 0 Å². The van der Waals surface area contributed by atoms with Gasteiger partial charge in [0.2, 0.25) is 0 Å². The lowest BCUT2D eigenvalue weighted by molar-refractivity contribution is 0.178. The third-order valence-electron chi connectivity index (χ3n) is 2.52. The van der Waals surface area contributed by atoms with E-state index in [1.807, 2.05) is 30.3 Å². The van der Waals surface area contributed by atoms with Gasteiger partial charge in [-0.3, -0.25) is 0 Å². The highest BCUT2D eigenvalue weighted by atomic mass is 16.6. The van der Waals surface area contributed by atoms with E-state index < -0.39 is 6.10 Å². The molecule has 0 aliphatic rings. The SMILES string of the molecule is COn1cc(CC(O)C#N)c2ccccc21. The van der Waals surface area contributed by atoms with Crippen LogP contribution in [0.15, 0.2) is 30.5 Å². The molecule has 4 nitrogen and oxygen atoms in total. The second-order valence-electron chi connectivity index (χ2n) is 3.53. The maximum absolute atomic E-state index is 9.34. The topological polar surface area (TPSA) is 58.2 Å². The summed E-state index contributed by atoms with van der Waals surface area (Å²) in [7, 11) is 1.58. The van der Waals surface area contributed by atoms with Gasteiger partial charge in [-0.05, 0) is 11.6 Å². The van der Waals surface area contributed by atoms with Crippen LogP contribution in [0.1, 0.15) is 5.56 Å². The van der Waals surface area contributed by atoms with E-state index in [-0.39, 0.29) is 0 Å². The highest BCUT2D eigenvalue weighted by Crippen LogP contribution is 2.21. The van der Waals surface area contributed by atoms with Crippen LogP contribution in [-0.2, 0) is 6.42 Å². The number of aromatic nitrogens is 1. The fourth-order valence-corrected chi connectivity index (χ4v) is 1.79. The molecule has 2 rings (SSSR count). The smallest absolute Gasteiger partial charge is 0.144 e. The van der Waals surface area contributed by atoms with Crippen molar-refractivity contribution in [2.45, 2.75) is 12.5 Å². The zero-order valence-electron chi connectivity index (χ0n) is 8.92. The average Bonchev–Trinajstić information content (AvgIpc) is 2.68. The number of benzene rings is 1. The number of hydrogen-bond acceptors (Lipinski definition) is 3. The molecule has 0 aliphatic heterocycles. The Kier molecular flexibility index (Phi) is 2.80. The summed E-state index contributed by atoms with van der Waals surface area (Å²) < 4.78 is 1.63. The van der Waals surface area contributed by atoms with Crippen molar-refractivity contribution in [3.05, 3.63) is 36.0 Å². The second-order valence-corrected chi connectivity index (χ2v) is 3.53. The van der Waals surface area contributed by atoms with Crippen molar-refractivity contribution >= 4 is 10.9 Å². The van der Waals surface area contributed by atoms with Crippen molar-refractivity contribution < 1.29 is 9.94 Å². The first-order valence-electron chi connectivity index (χ1n) is 4.97. The van der Waals surface area contributed by atoms with Crippen molar-refractivity contribution in [3.63, 3.8) is 0 Å². The van der Waals surface area contributed by atoms with Gasteiger partial charge in [0.25, 0.3) is 0 Å². The summed E-state index contributed by atoms with van der Waals surface area (Å²) in [5, 5.41) is 18.9. The van der Waals surface area contributed by atoms with E-state index in [1.165, 1.54) is 0 Å². The Labute approximate surface area is 93.2 Å². The van der Waals surface area contributed by atoms with Gasteiger partial charge in [-0.15, -0.1) is 0 Å². The van der Waals surface area contributed by atoms with E-state index in [4.69, 9.17) is 10.1 Å². The lowest BCUT2D eigenvalue weighted by Crippen LogP contribution is -2.07. The zero-order chi connectivity index (χ0) is 11.5. The quantitative estimate of drug-likeness (QED) is 0.782. The summed E-state index contributed by atoms with van der Waals surface area (Å²) in [4.78, 5) is 5.18. The molecule has 0 aliphatic carbocycles. The molecule has 0 saturated heterocycles. The Morgan fingerprint density at radius 2 is 2.25 bits per heavy atom. The summed E-state index contributed by atoms with van der Waals surface area (Å²) in [6.45, 7) is 0. The van der Waals surface area contributed by atoms with Gasteiger partial charge in [-0.25, -0.2) is 0 Å². The summed E-state index contributed by atoms with van der Waals surface area (Å²) in [5.74, 6) is 0. The van der Waals surface area contributed by atoms with Crippen LogP contribution in [0.3, 0.4) is 0 Å². The Bertz CT molecular complexity index is 539. The van der Waals surface area contributed by atoms with Crippen LogP contribution in [0.4, 0.5) is 0 Å². The van der Waals surface area contributed by atoms with Crippen LogP contribution in [-0.4, -0.2) is 23.1 Å². The minimum atomic E-state index is -0.976. The first-order valence-corrected chi connectivity index (χ1v) is 4.97. The van der Waals surface area contributed by atoms with Crippen LogP contribution in [0.25, 0.3) is 10.9 Å². The molecule has 1 aromatic carbocycles. The van der Waals surface area contributed by atoms with E-state index in [2.05, 4.69) is 0 Å². The predicted octanol–water partition coefficient (Wildman–Crippen LogP) is 1.13. The lowest BCUT2D eigenvalue weighted by atomic mass is 10.1. The van der Waals surface area contributed by atoms with Crippen LogP contribution in [0, 0.1) is 11.3 Å². The van der Waals surface area contributed by atoms with Gasteiger partial charge in [-0.1, -0.05) is 18.2 Å². The number of rotatable bonds is 3. The zero-order valence-corrected chi connectivity index (χ0v) is 8.92. The minimum Gasteiger partial charge on any atom is -0.417 e. The van der Waals surface area contributed by atoms with Gasteiger partial charge in [0.15, 0.2) is 0 Å². The van der Waals surface area contributed by atoms with Crippen molar-refractivity contribution in [3.8, 4) is 6.07 Å². The molecule has 0 spiro atoms. The Morgan fingerprint density at radius 3 is 2.94 bits per heavy atom. The molecule has 4 heteroatoms. The van der Waals surface area contributed by atoms with Crippen LogP contribution >= 0.6 is 0 Å². The van der Waals surface area contributed by atoms with Gasteiger partial charge < -0.3 is 9.94 Å². The molecule has 1 aromatic heterocycles. The first-order chi connectivity index (χ1) is 7.76. The van der Waals surface area contributed by atoms with Gasteiger partial charge in [0.05, 0.1) is 11.6 Å². The number of nitriles is 1. The molecule has 0 amide bonds. The van der Waals surface area contributed by atoms with Gasteiger partial charge in [0, 0.05) is 18.0 Å². The van der Waals surface area contributed by atoms with E-state index >= 15 is 0 Å². The van der Waals surface area contributed by atoms with Crippen LogP contribution in [0.2, 0.25) is 0 Å². The number of aliphatic hydroxyl groups is 1. The second kappa shape index (κ2) is 4.25. The molecule has 0 saturated carbocycles. The Balaban J connectivity index is 2.50. The fraction of sp³-hybridized carbons (Fsp3) is 0.250. The summed E-state index contributed by atoms with van der Waals surface area (Å²) in [6.07, 6.45) is 1.13. The van der Waals surface area contributed by atoms with E-state index in [1.54, 1.807) is 18.0 Å². The van der Waals surface area contributed by atoms with Gasteiger partial charge in [-0.2, -0.15) is 9.99 Å². The van der Waals surface area contributed by atoms with E-state index in [0.29, 0.717) is 6.42 Å². The highest BCUT2D eigenvalue weighted by molar-refractivity contribution is 5.83. The molecule has 1 heterocycles. The average molecular weight is 216 g/mol. The predicted molar refractivity (Wildman–Crippen MR) is 59.8 cm³/mol. The van der Waals surface area contributed by atoms with Crippen molar-refractivity contribution in [1.29, 1.82) is 5.26 Å². The lowest BCUT2D eigenvalue weighted by Gasteiger charge is -2.00. The van der Waals surface area contributed by atoms with E-state index in [0.717, 1.165) is 16.5 Å². The molecular weight excluding hydrogens is 204 g/mol. The summed E-state index contributed by atoms with van der Waals surface area (Å²) in [6, 6.07) is 9.53. The van der Waals surface area contributed by atoms with Crippen LogP contribution < -0.4 is 4.84 Å². The molecular formula is C12H12N2O2. The molecule has 1 atom stereocenters. The van der Waals surface area contributed by atoms with Crippen LogP contribution in [0.5, 0.6) is 0 Å². The Morgan fingerprint density at radius 1 is 1.50 bits per heavy atom. The van der Waals surface area contributed by atoms with Crippen molar-refractivity contribution in [2.24, 2.45) is 0 Å². The van der Waals surface area contributed by atoms with Crippen molar-refractivity contribution in [1.82, 2.24) is 4.73 Å². The summed E-state index contributed by atoms with van der Waals surface area (Å²) >= 11 is 0. The first kappa shape index (κ1) is 10.5. The van der Waals surface area contributed by atoms with Gasteiger partial charge in [0.1, 0.15) is 13.2 Å². The van der Waals surface area contributed by atoms with E-state index in [9.17, 15) is 5.11 Å². The molecule has 2 aromatic rings. The molecule has 1 unspecified atom stereocenters. The Hall–Kier alpha value is -1.99. The fourth-order valence-electron chi connectivity index (χ4n) is 1.79.